The molecule has 0 bridgehead atoms. The quantitative estimate of drug-likeness (QED) is 0.653. The highest BCUT2D eigenvalue weighted by atomic mass is 16.3. The number of aliphatic hydroxyl groups excluding tert-OH is 1. The van der Waals surface area contributed by atoms with Gasteiger partial charge in [0.1, 0.15) is 0 Å². The molecule has 0 amide bonds. The first-order valence-corrected chi connectivity index (χ1v) is 4.08. The molecule has 0 radical (unpaired) electrons. The van der Waals surface area contributed by atoms with Gasteiger partial charge >= 0.3 is 0 Å². The summed E-state index contributed by atoms with van der Waals surface area (Å²) in [5.74, 6) is 0.133. The van der Waals surface area contributed by atoms with Crippen LogP contribution in [-0.4, -0.2) is 17.5 Å². The van der Waals surface area contributed by atoms with E-state index in [0.29, 0.717) is 0 Å². The lowest BCUT2D eigenvalue weighted by molar-refractivity contribution is -0.113. The maximum atomic E-state index is 11.0. The lowest BCUT2D eigenvalue weighted by Crippen LogP contribution is -2.09. The maximum absolute atomic E-state index is 11.0. The van der Waals surface area contributed by atoms with Crippen LogP contribution in [0.3, 0.4) is 0 Å². The largest absolute Gasteiger partial charge is 0.392 e. The molecule has 0 heterocycles. The Bertz CT molecular complexity index is 192. The Morgan fingerprint density at radius 2 is 2.09 bits per heavy atom. The molecule has 1 aliphatic rings. The zero-order valence-corrected chi connectivity index (χ0v) is 6.89. The van der Waals surface area contributed by atoms with E-state index < -0.39 is 0 Å². The van der Waals surface area contributed by atoms with E-state index in [4.69, 9.17) is 5.11 Å². The van der Waals surface area contributed by atoms with Crippen molar-refractivity contribution in [2.75, 3.05) is 6.61 Å². The molecule has 0 saturated heterocycles. The molecule has 1 aliphatic carbocycles. The van der Waals surface area contributed by atoms with Crippen molar-refractivity contribution in [2.45, 2.75) is 32.6 Å². The number of ketones is 1. The van der Waals surface area contributed by atoms with Crippen molar-refractivity contribution in [3.8, 4) is 0 Å². The van der Waals surface area contributed by atoms with Crippen molar-refractivity contribution in [3.05, 3.63) is 11.1 Å². The van der Waals surface area contributed by atoms with Gasteiger partial charge in [0, 0.05) is 0 Å². The van der Waals surface area contributed by atoms with Crippen LogP contribution in [0.2, 0.25) is 0 Å². The first kappa shape index (κ1) is 8.47. The first-order valence-electron chi connectivity index (χ1n) is 4.08. The standard InChI is InChI=1S/C9H14O2/c1-7(11)9-5-3-2-4-8(9)6-10/h10H,2-6H2,1H3. The van der Waals surface area contributed by atoms with Gasteiger partial charge in [-0.2, -0.15) is 0 Å². The molecule has 0 atom stereocenters. The van der Waals surface area contributed by atoms with Gasteiger partial charge in [0.25, 0.3) is 0 Å². The molecule has 11 heavy (non-hydrogen) atoms. The normalized spacial score (nSPS) is 18.7. The average Bonchev–Trinajstić information content (AvgIpc) is 2.04. The SMILES string of the molecule is CC(=O)C1=C(CO)CCCC1. The Morgan fingerprint density at radius 1 is 1.45 bits per heavy atom. The topological polar surface area (TPSA) is 37.3 Å². The van der Waals surface area contributed by atoms with Crippen molar-refractivity contribution in [2.24, 2.45) is 0 Å². The number of hydrogen-bond donors (Lipinski definition) is 1. The van der Waals surface area contributed by atoms with Crippen LogP contribution in [0.5, 0.6) is 0 Å². The number of allylic oxidation sites excluding steroid dienone is 1. The van der Waals surface area contributed by atoms with E-state index in [1.807, 2.05) is 0 Å². The second kappa shape index (κ2) is 3.67. The summed E-state index contributed by atoms with van der Waals surface area (Å²) >= 11 is 0. The first-order chi connectivity index (χ1) is 5.25. The van der Waals surface area contributed by atoms with Crippen molar-refractivity contribution in [3.63, 3.8) is 0 Å². The van der Waals surface area contributed by atoms with Crippen molar-refractivity contribution in [1.82, 2.24) is 0 Å². The molecule has 2 heteroatoms. The van der Waals surface area contributed by atoms with Gasteiger partial charge in [-0.15, -0.1) is 0 Å². The molecule has 0 spiro atoms. The smallest absolute Gasteiger partial charge is 0.155 e. The lowest BCUT2D eigenvalue weighted by atomic mass is 9.90. The Hall–Kier alpha value is -0.630. The lowest BCUT2D eigenvalue weighted by Gasteiger charge is -2.16. The summed E-state index contributed by atoms with van der Waals surface area (Å²) in [5, 5.41) is 8.90. The molecule has 0 aromatic carbocycles. The molecule has 0 unspecified atom stereocenters. The summed E-state index contributed by atoms with van der Waals surface area (Å²) in [6, 6.07) is 0. The third-order valence-electron chi connectivity index (χ3n) is 2.20. The average molecular weight is 154 g/mol. The van der Waals surface area contributed by atoms with E-state index in [2.05, 4.69) is 0 Å². The van der Waals surface area contributed by atoms with E-state index in [0.717, 1.165) is 36.8 Å². The zero-order chi connectivity index (χ0) is 8.27. The summed E-state index contributed by atoms with van der Waals surface area (Å²) in [6.45, 7) is 1.64. The molecule has 0 aromatic heterocycles. The van der Waals surface area contributed by atoms with E-state index in [9.17, 15) is 4.79 Å². The number of carbonyl (C=O) groups excluding carboxylic acids is 1. The van der Waals surface area contributed by atoms with E-state index >= 15 is 0 Å². The second-order valence-electron chi connectivity index (χ2n) is 3.00. The monoisotopic (exact) mass is 154 g/mol. The minimum Gasteiger partial charge on any atom is -0.392 e. The van der Waals surface area contributed by atoms with Gasteiger partial charge in [-0.1, -0.05) is 0 Å². The van der Waals surface area contributed by atoms with Crippen LogP contribution in [0, 0.1) is 0 Å². The highest BCUT2D eigenvalue weighted by Gasteiger charge is 2.14. The van der Waals surface area contributed by atoms with Crippen LogP contribution in [-0.2, 0) is 4.79 Å². The van der Waals surface area contributed by atoms with Crippen LogP contribution >= 0.6 is 0 Å². The zero-order valence-electron chi connectivity index (χ0n) is 6.89. The van der Waals surface area contributed by atoms with E-state index in [-0.39, 0.29) is 12.4 Å². The van der Waals surface area contributed by atoms with Gasteiger partial charge in [0.15, 0.2) is 5.78 Å². The summed E-state index contributed by atoms with van der Waals surface area (Å²) in [5.41, 5.74) is 1.84. The van der Waals surface area contributed by atoms with Gasteiger partial charge in [0.05, 0.1) is 6.61 Å². The fraction of sp³-hybridized carbons (Fsp3) is 0.667. The van der Waals surface area contributed by atoms with Gasteiger partial charge in [0.2, 0.25) is 0 Å². The molecule has 1 rings (SSSR count). The number of aliphatic hydroxyl groups is 1. The molecular formula is C9H14O2. The highest BCUT2D eigenvalue weighted by molar-refractivity contribution is 5.94. The fourth-order valence-electron chi connectivity index (χ4n) is 1.57. The predicted molar refractivity (Wildman–Crippen MR) is 43.3 cm³/mol. The van der Waals surface area contributed by atoms with Crippen molar-refractivity contribution >= 4 is 5.78 Å². The Kier molecular flexibility index (Phi) is 2.83. The van der Waals surface area contributed by atoms with Gasteiger partial charge in [-0.25, -0.2) is 0 Å². The number of rotatable bonds is 2. The molecule has 1 N–H and O–H groups in total. The second-order valence-corrected chi connectivity index (χ2v) is 3.00. The maximum Gasteiger partial charge on any atom is 0.155 e. The Morgan fingerprint density at radius 3 is 2.55 bits per heavy atom. The van der Waals surface area contributed by atoms with Crippen LogP contribution in [0.15, 0.2) is 11.1 Å². The molecular weight excluding hydrogens is 140 g/mol. The van der Waals surface area contributed by atoms with Crippen molar-refractivity contribution in [1.29, 1.82) is 0 Å². The van der Waals surface area contributed by atoms with E-state index in [1.165, 1.54) is 0 Å². The van der Waals surface area contributed by atoms with Crippen molar-refractivity contribution < 1.29 is 9.90 Å². The molecule has 2 nitrogen and oxygen atoms in total. The predicted octanol–water partition coefficient (Wildman–Crippen LogP) is 1.44. The Balaban J connectivity index is 2.81. The summed E-state index contributed by atoms with van der Waals surface area (Å²) in [7, 11) is 0. The van der Waals surface area contributed by atoms with Gasteiger partial charge in [-0.3, -0.25) is 4.79 Å². The fourth-order valence-corrected chi connectivity index (χ4v) is 1.57. The Labute approximate surface area is 66.9 Å². The highest BCUT2D eigenvalue weighted by Crippen LogP contribution is 2.24. The van der Waals surface area contributed by atoms with Crippen LogP contribution in [0.4, 0.5) is 0 Å². The minimum absolute atomic E-state index is 0.0644. The summed E-state index contributed by atoms with van der Waals surface area (Å²) < 4.78 is 0. The van der Waals surface area contributed by atoms with Gasteiger partial charge < -0.3 is 5.11 Å². The van der Waals surface area contributed by atoms with Crippen LogP contribution in [0.25, 0.3) is 0 Å². The summed E-state index contributed by atoms with van der Waals surface area (Å²) in [6.07, 6.45) is 3.99. The number of Topliss-reactive ketones (excluding diaryl/α,β-unsaturated/α-hetero) is 1. The molecule has 0 saturated carbocycles. The minimum atomic E-state index is 0.0644. The van der Waals surface area contributed by atoms with E-state index in [1.54, 1.807) is 6.92 Å². The third kappa shape index (κ3) is 1.90. The number of carbonyl (C=O) groups is 1. The number of hydrogen-bond acceptors (Lipinski definition) is 2. The summed E-state index contributed by atoms with van der Waals surface area (Å²) in [4.78, 5) is 11.0. The molecule has 0 aliphatic heterocycles. The molecule has 0 aromatic rings. The van der Waals surface area contributed by atoms with Crippen LogP contribution < -0.4 is 0 Å². The van der Waals surface area contributed by atoms with Crippen LogP contribution in [0.1, 0.15) is 32.6 Å². The molecule has 62 valence electrons. The third-order valence-corrected chi connectivity index (χ3v) is 2.20. The molecule has 0 fully saturated rings. The van der Waals surface area contributed by atoms with Gasteiger partial charge in [-0.05, 0) is 43.8 Å².